The van der Waals surface area contributed by atoms with Crippen LogP contribution < -0.4 is 10.9 Å². The van der Waals surface area contributed by atoms with E-state index >= 15 is 0 Å². The summed E-state index contributed by atoms with van der Waals surface area (Å²) in [4.78, 5) is 20.3. The third-order valence-corrected chi connectivity index (χ3v) is 7.77. The number of carbonyl (C=O) groups is 1. The van der Waals surface area contributed by atoms with Crippen LogP contribution in [0.3, 0.4) is 0 Å². The van der Waals surface area contributed by atoms with Crippen LogP contribution in [0.5, 0.6) is 0 Å². The van der Waals surface area contributed by atoms with Gasteiger partial charge in [-0.1, -0.05) is 18.6 Å². The van der Waals surface area contributed by atoms with Gasteiger partial charge >= 0.3 is 0 Å². The fraction of sp³-hybridized carbons (Fsp3) is 0.464. The van der Waals surface area contributed by atoms with Gasteiger partial charge in [-0.25, -0.2) is 10.4 Å². The Labute approximate surface area is 202 Å². The molecule has 176 valence electrons. The van der Waals surface area contributed by atoms with Gasteiger partial charge in [0, 0.05) is 24.2 Å². The van der Waals surface area contributed by atoms with E-state index in [4.69, 9.17) is 10.3 Å². The number of carbonyl (C=O) groups excluding carboxylic acids is 1. The summed E-state index contributed by atoms with van der Waals surface area (Å²) in [7, 11) is 0. The Balaban J connectivity index is 1.36. The lowest BCUT2D eigenvalue weighted by molar-refractivity contribution is 0.0712. The van der Waals surface area contributed by atoms with Crippen LogP contribution >= 0.6 is 0 Å². The van der Waals surface area contributed by atoms with Crippen LogP contribution in [0, 0.1) is 25.2 Å². The molecule has 2 heterocycles. The van der Waals surface area contributed by atoms with E-state index in [1.54, 1.807) is 0 Å². The zero-order valence-corrected chi connectivity index (χ0v) is 20.3. The number of hydrazine groups is 1. The molecule has 2 aliphatic heterocycles. The molecule has 1 atom stereocenters. The van der Waals surface area contributed by atoms with Gasteiger partial charge in [-0.2, -0.15) is 5.26 Å². The number of benzene rings is 2. The SMILES string of the molecule is Cc1cc(C2CCC2)c(C2=NC(C)NN2)cc1C(=O)N1CCC(c2ccc(C#N)cc2C)CC1. The van der Waals surface area contributed by atoms with Crippen LogP contribution in [0.25, 0.3) is 0 Å². The average Bonchev–Trinajstić information content (AvgIpc) is 3.24. The summed E-state index contributed by atoms with van der Waals surface area (Å²) >= 11 is 0. The van der Waals surface area contributed by atoms with Gasteiger partial charge in [-0.05, 0) is 98.7 Å². The molecule has 1 unspecified atom stereocenters. The fourth-order valence-electron chi connectivity index (χ4n) is 5.56. The van der Waals surface area contributed by atoms with Crippen molar-refractivity contribution in [3.63, 3.8) is 0 Å². The molecule has 5 rings (SSSR count). The summed E-state index contributed by atoms with van der Waals surface area (Å²) in [6.07, 6.45) is 5.60. The number of amides is 1. The number of aliphatic imine (C=N–C) groups is 1. The Bertz CT molecular complexity index is 1180. The normalized spacial score (nSPS) is 20.9. The number of piperidine rings is 1. The first-order chi connectivity index (χ1) is 16.4. The summed E-state index contributed by atoms with van der Waals surface area (Å²) < 4.78 is 0. The molecule has 1 amide bonds. The second kappa shape index (κ2) is 9.23. The molecule has 0 spiro atoms. The molecule has 3 aliphatic rings. The maximum atomic E-state index is 13.6. The van der Waals surface area contributed by atoms with Crippen molar-refractivity contribution in [1.82, 2.24) is 15.8 Å². The van der Waals surface area contributed by atoms with Gasteiger partial charge < -0.3 is 10.3 Å². The first-order valence-corrected chi connectivity index (χ1v) is 12.5. The number of aryl methyl sites for hydroxylation is 2. The van der Waals surface area contributed by atoms with E-state index in [9.17, 15) is 4.79 Å². The van der Waals surface area contributed by atoms with Gasteiger partial charge in [0.15, 0.2) is 0 Å². The Morgan fingerprint density at radius 3 is 2.35 bits per heavy atom. The molecule has 1 aliphatic carbocycles. The molecule has 1 saturated carbocycles. The Morgan fingerprint density at radius 2 is 1.76 bits per heavy atom. The average molecular weight is 456 g/mol. The van der Waals surface area contributed by atoms with Gasteiger partial charge in [0.05, 0.1) is 11.6 Å². The molecule has 6 nitrogen and oxygen atoms in total. The molecule has 6 heteroatoms. The number of amidine groups is 1. The van der Waals surface area contributed by atoms with Gasteiger partial charge in [-0.15, -0.1) is 0 Å². The van der Waals surface area contributed by atoms with Crippen LogP contribution in [0.1, 0.15) is 94.6 Å². The summed E-state index contributed by atoms with van der Waals surface area (Å²) in [5.41, 5.74) is 13.8. The Kier molecular flexibility index (Phi) is 6.14. The molecule has 2 N–H and O–H groups in total. The van der Waals surface area contributed by atoms with Crippen molar-refractivity contribution in [2.45, 2.75) is 70.9 Å². The molecular weight excluding hydrogens is 422 g/mol. The van der Waals surface area contributed by atoms with Crippen LogP contribution in [-0.4, -0.2) is 35.9 Å². The maximum Gasteiger partial charge on any atom is 0.254 e. The lowest BCUT2D eigenvalue weighted by atomic mass is 9.77. The highest BCUT2D eigenvalue weighted by atomic mass is 16.2. The second-order valence-electron chi connectivity index (χ2n) is 10.1. The number of nitrogens with one attached hydrogen (secondary N) is 2. The monoisotopic (exact) mass is 455 g/mol. The molecule has 2 aromatic rings. The van der Waals surface area contributed by atoms with Crippen molar-refractivity contribution < 1.29 is 4.79 Å². The molecule has 0 aromatic heterocycles. The number of rotatable bonds is 4. The van der Waals surface area contributed by atoms with E-state index in [1.807, 2.05) is 24.0 Å². The molecule has 0 bridgehead atoms. The zero-order chi connectivity index (χ0) is 23.8. The van der Waals surface area contributed by atoms with Crippen LogP contribution in [0.2, 0.25) is 0 Å². The van der Waals surface area contributed by atoms with E-state index in [-0.39, 0.29) is 12.1 Å². The zero-order valence-electron chi connectivity index (χ0n) is 20.3. The minimum atomic E-state index is 0.0226. The maximum absolute atomic E-state index is 13.6. The van der Waals surface area contributed by atoms with Crippen molar-refractivity contribution in [2.75, 3.05) is 13.1 Å². The van der Waals surface area contributed by atoms with Crippen molar-refractivity contribution in [2.24, 2.45) is 4.99 Å². The quantitative estimate of drug-likeness (QED) is 0.703. The highest BCUT2D eigenvalue weighted by molar-refractivity contribution is 6.04. The highest BCUT2D eigenvalue weighted by Gasteiger charge is 2.30. The van der Waals surface area contributed by atoms with Gasteiger partial charge in [0.1, 0.15) is 12.0 Å². The Hall–Kier alpha value is -3.17. The van der Waals surface area contributed by atoms with Crippen LogP contribution in [0.4, 0.5) is 0 Å². The van der Waals surface area contributed by atoms with Gasteiger partial charge in [0.2, 0.25) is 0 Å². The standard InChI is InChI=1S/C28H33N5O/c1-17-13-20(16-29)7-8-23(17)22-9-11-33(12-10-22)28(34)24-15-26(27-30-19(3)31-32-27)25(14-18(24)2)21-5-4-6-21/h7-8,13-15,19,21-22,31H,4-6,9-12H2,1-3H3,(H,30,32). The molecule has 34 heavy (non-hydrogen) atoms. The Morgan fingerprint density at radius 1 is 1.03 bits per heavy atom. The van der Waals surface area contributed by atoms with E-state index in [2.05, 4.69) is 49.0 Å². The number of hydrogen-bond acceptors (Lipinski definition) is 5. The van der Waals surface area contributed by atoms with E-state index in [1.165, 1.54) is 36.0 Å². The third kappa shape index (κ3) is 4.21. The second-order valence-corrected chi connectivity index (χ2v) is 10.1. The lowest BCUT2D eigenvalue weighted by Gasteiger charge is -2.34. The molecular formula is C28H33N5O. The predicted molar refractivity (Wildman–Crippen MR) is 134 cm³/mol. The van der Waals surface area contributed by atoms with Crippen LogP contribution in [-0.2, 0) is 0 Å². The van der Waals surface area contributed by atoms with Crippen molar-refractivity contribution in [3.05, 3.63) is 69.3 Å². The van der Waals surface area contributed by atoms with Gasteiger partial charge in [-0.3, -0.25) is 4.79 Å². The minimum absolute atomic E-state index is 0.0226. The van der Waals surface area contributed by atoms with Crippen molar-refractivity contribution in [3.8, 4) is 6.07 Å². The summed E-state index contributed by atoms with van der Waals surface area (Å²) in [6.45, 7) is 7.66. The molecule has 2 aromatic carbocycles. The van der Waals surface area contributed by atoms with Crippen molar-refractivity contribution >= 4 is 11.7 Å². The van der Waals surface area contributed by atoms with Crippen LogP contribution in [0.15, 0.2) is 35.3 Å². The molecule has 2 fully saturated rings. The van der Waals surface area contributed by atoms with E-state index < -0.39 is 0 Å². The smallest absolute Gasteiger partial charge is 0.254 e. The number of nitrogens with zero attached hydrogens (tertiary/aromatic N) is 3. The van der Waals surface area contributed by atoms with E-state index in [0.717, 1.165) is 48.5 Å². The van der Waals surface area contributed by atoms with Crippen molar-refractivity contribution in [1.29, 1.82) is 5.26 Å². The third-order valence-electron chi connectivity index (χ3n) is 7.77. The predicted octanol–water partition coefficient (Wildman–Crippen LogP) is 4.66. The molecule has 1 saturated heterocycles. The topological polar surface area (TPSA) is 80.5 Å². The minimum Gasteiger partial charge on any atom is -0.339 e. The van der Waals surface area contributed by atoms with Gasteiger partial charge in [0.25, 0.3) is 5.91 Å². The first kappa shape index (κ1) is 22.6. The largest absolute Gasteiger partial charge is 0.339 e. The summed E-state index contributed by atoms with van der Waals surface area (Å²) in [5, 5.41) is 9.15. The summed E-state index contributed by atoms with van der Waals surface area (Å²) in [6, 6.07) is 12.5. The van der Waals surface area contributed by atoms with E-state index in [0.29, 0.717) is 17.4 Å². The number of nitriles is 1. The first-order valence-electron chi connectivity index (χ1n) is 12.5. The molecule has 0 radical (unpaired) electrons. The summed E-state index contributed by atoms with van der Waals surface area (Å²) in [5.74, 6) is 1.95. The lowest BCUT2D eigenvalue weighted by Crippen LogP contribution is -2.39. The fourth-order valence-corrected chi connectivity index (χ4v) is 5.56. The number of hydrogen-bond donors (Lipinski definition) is 2. The number of likely N-dealkylation sites (tertiary alicyclic amines) is 1. The highest BCUT2D eigenvalue weighted by Crippen LogP contribution is 2.39.